The fourth-order valence-corrected chi connectivity index (χ4v) is 7.27. The third-order valence-corrected chi connectivity index (χ3v) is 14.2. The van der Waals surface area contributed by atoms with E-state index >= 15 is 0 Å². The molecule has 3 N–H and O–H groups in total. The first-order valence-electron chi connectivity index (χ1n) is 16.1. The van der Waals surface area contributed by atoms with Crippen LogP contribution in [0.25, 0.3) is 11.0 Å². The van der Waals surface area contributed by atoms with Crippen molar-refractivity contribution in [3.8, 4) is 11.5 Å². The van der Waals surface area contributed by atoms with Crippen molar-refractivity contribution < 1.29 is 19.1 Å². The van der Waals surface area contributed by atoms with Crippen LogP contribution < -0.4 is 15.4 Å². The highest BCUT2D eigenvalue weighted by atomic mass is 28.4. The van der Waals surface area contributed by atoms with Crippen LogP contribution in [0.3, 0.4) is 0 Å². The van der Waals surface area contributed by atoms with Crippen molar-refractivity contribution in [3.63, 3.8) is 0 Å². The predicted molar refractivity (Wildman–Crippen MR) is 177 cm³/mol. The summed E-state index contributed by atoms with van der Waals surface area (Å²) in [5, 5.41) is 25.7. The first kappa shape index (κ1) is 32.4. The van der Waals surface area contributed by atoms with Gasteiger partial charge in [-0.1, -0.05) is 51.3 Å². The second kappa shape index (κ2) is 13.6. The Morgan fingerprint density at radius 1 is 1.20 bits per heavy atom. The number of fused-ring (bicyclic) bond motifs is 2. The average Bonchev–Trinajstić information content (AvgIpc) is 3.39. The van der Waals surface area contributed by atoms with Gasteiger partial charge < -0.3 is 29.8 Å². The zero-order valence-corrected chi connectivity index (χ0v) is 28.3. The minimum atomic E-state index is -2.18. The molecule has 11 heteroatoms. The average molecular weight is 623 g/mol. The molecule has 240 valence electrons. The Labute approximate surface area is 262 Å². The molecule has 0 saturated heterocycles. The Bertz CT molecular complexity index is 1450. The summed E-state index contributed by atoms with van der Waals surface area (Å²) in [5.41, 5.74) is 4.18. The molecule has 2 aromatic carbocycles. The molecule has 2 aliphatic rings. The Morgan fingerprint density at radius 2 is 1.98 bits per heavy atom. The molecule has 1 saturated carbocycles. The molecule has 0 radical (unpaired) electrons. The molecular formula is C33H50N6O4Si. The van der Waals surface area contributed by atoms with E-state index in [0.717, 1.165) is 47.7 Å². The molecule has 5 rings (SSSR count). The van der Waals surface area contributed by atoms with Crippen LogP contribution in [-0.4, -0.2) is 72.0 Å². The van der Waals surface area contributed by atoms with Gasteiger partial charge in [-0.05, 0) is 80.8 Å². The maximum atomic E-state index is 12.0. The molecule has 1 fully saturated rings. The molecule has 1 aromatic heterocycles. The lowest BCUT2D eigenvalue weighted by Crippen LogP contribution is -2.43. The van der Waals surface area contributed by atoms with E-state index in [1.54, 1.807) is 6.07 Å². The number of ether oxygens (including phenoxy) is 1. The van der Waals surface area contributed by atoms with Crippen molar-refractivity contribution >= 4 is 30.9 Å². The SMILES string of the molecule is CN(CCCn1nnc2cc(CNC[C@H](O[Si](C)(C)C(C)(C)C)c3ccc(O)c4c3OCC(=O)N4)ccc21)C1CCCCC1. The maximum absolute atomic E-state index is 12.0. The Kier molecular flexibility index (Phi) is 9.98. The summed E-state index contributed by atoms with van der Waals surface area (Å²) in [6.07, 6.45) is 7.47. The second-order valence-corrected chi connectivity index (χ2v) is 18.7. The Balaban J connectivity index is 1.24. The third kappa shape index (κ3) is 7.44. The van der Waals surface area contributed by atoms with Crippen LogP contribution in [0, 0.1) is 0 Å². The number of phenolic OH excluding ortho intramolecular Hbond substituents is 1. The molecule has 1 atom stereocenters. The first-order valence-corrected chi connectivity index (χ1v) is 19.0. The topological polar surface area (TPSA) is 114 Å². The van der Waals surface area contributed by atoms with Crippen molar-refractivity contribution in [2.24, 2.45) is 0 Å². The van der Waals surface area contributed by atoms with Gasteiger partial charge in [-0.25, -0.2) is 4.68 Å². The number of phenols is 1. The minimum absolute atomic E-state index is 0.000542. The molecule has 1 aliphatic heterocycles. The van der Waals surface area contributed by atoms with Gasteiger partial charge >= 0.3 is 0 Å². The van der Waals surface area contributed by atoms with Gasteiger partial charge in [0, 0.05) is 31.2 Å². The van der Waals surface area contributed by atoms with Gasteiger partial charge in [-0.2, -0.15) is 0 Å². The quantitative estimate of drug-likeness (QED) is 0.167. The highest BCUT2D eigenvalue weighted by molar-refractivity contribution is 6.74. The first-order chi connectivity index (χ1) is 20.9. The van der Waals surface area contributed by atoms with E-state index < -0.39 is 8.32 Å². The molecule has 1 amide bonds. The van der Waals surface area contributed by atoms with Crippen molar-refractivity contribution in [3.05, 3.63) is 41.5 Å². The Hall–Kier alpha value is -2.99. The van der Waals surface area contributed by atoms with E-state index in [4.69, 9.17) is 9.16 Å². The van der Waals surface area contributed by atoms with Crippen LogP contribution in [0.2, 0.25) is 18.1 Å². The summed E-state index contributed by atoms with van der Waals surface area (Å²) in [6.45, 7) is 14.1. The van der Waals surface area contributed by atoms with E-state index in [-0.39, 0.29) is 29.4 Å². The number of carbonyl (C=O) groups excluding carboxylic acids is 1. The molecular weight excluding hydrogens is 572 g/mol. The van der Waals surface area contributed by atoms with Crippen LogP contribution in [0.5, 0.6) is 11.5 Å². The third-order valence-electron chi connectivity index (χ3n) is 9.68. The van der Waals surface area contributed by atoms with Gasteiger partial charge in [0.15, 0.2) is 20.7 Å². The van der Waals surface area contributed by atoms with Gasteiger partial charge in [0.25, 0.3) is 5.91 Å². The molecule has 1 aliphatic carbocycles. The van der Waals surface area contributed by atoms with Crippen LogP contribution in [0.1, 0.15) is 76.5 Å². The number of nitrogens with zero attached hydrogens (tertiary/aromatic N) is 4. The molecule has 44 heavy (non-hydrogen) atoms. The van der Waals surface area contributed by atoms with Crippen LogP contribution in [0.15, 0.2) is 30.3 Å². The van der Waals surface area contributed by atoms with E-state index in [9.17, 15) is 9.90 Å². The predicted octanol–water partition coefficient (Wildman–Crippen LogP) is 5.98. The molecule has 2 heterocycles. The summed E-state index contributed by atoms with van der Waals surface area (Å²) < 4.78 is 14.8. The number of hydrogen-bond donors (Lipinski definition) is 3. The van der Waals surface area contributed by atoms with Crippen LogP contribution >= 0.6 is 0 Å². The number of carbonyl (C=O) groups is 1. The van der Waals surface area contributed by atoms with Gasteiger partial charge in [-0.3, -0.25) is 4.79 Å². The van der Waals surface area contributed by atoms with Crippen molar-refractivity contribution in [1.29, 1.82) is 0 Å². The largest absolute Gasteiger partial charge is 0.506 e. The standard InChI is InChI=1S/C33H50N6O4Si/c1-33(2,3)44(5,6)43-29(25-14-16-28(40)31-32(25)42-22-30(41)35-31)21-34-20-23-13-15-27-26(19-23)36-37-39(27)18-10-17-38(4)24-11-8-7-9-12-24/h13-16,19,24,29,34,40H,7-12,17-18,20-22H2,1-6H3,(H,35,41)/t29-/m0/s1. The van der Waals surface area contributed by atoms with E-state index in [1.165, 1.54) is 32.1 Å². The zero-order chi connectivity index (χ0) is 31.5. The van der Waals surface area contributed by atoms with Gasteiger partial charge in [0.05, 0.1) is 11.6 Å². The molecule has 0 spiro atoms. The summed E-state index contributed by atoms with van der Waals surface area (Å²) in [4.78, 5) is 14.5. The van der Waals surface area contributed by atoms with Gasteiger partial charge in [0.2, 0.25) is 0 Å². The number of benzene rings is 2. The number of nitrogens with one attached hydrogen (secondary N) is 2. The Morgan fingerprint density at radius 3 is 2.73 bits per heavy atom. The normalized spacial score (nSPS) is 17.0. The van der Waals surface area contributed by atoms with E-state index in [2.05, 4.69) is 85.0 Å². The maximum Gasteiger partial charge on any atom is 0.262 e. The fraction of sp³-hybridized carbons (Fsp3) is 0.606. The number of rotatable bonds is 12. The number of hydrogen-bond acceptors (Lipinski definition) is 8. The molecule has 10 nitrogen and oxygen atoms in total. The lowest BCUT2D eigenvalue weighted by atomic mass is 9.94. The van der Waals surface area contributed by atoms with Crippen LogP contribution in [-0.2, 0) is 22.3 Å². The van der Waals surface area contributed by atoms with Crippen LogP contribution in [0.4, 0.5) is 5.69 Å². The monoisotopic (exact) mass is 622 g/mol. The van der Waals surface area contributed by atoms with Crippen molar-refractivity contribution in [2.75, 3.05) is 32.1 Å². The summed E-state index contributed by atoms with van der Waals surface area (Å²) in [6, 6.07) is 10.5. The van der Waals surface area contributed by atoms with Gasteiger partial charge in [-0.15, -0.1) is 5.10 Å². The lowest BCUT2D eigenvalue weighted by molar-refractivity contribution is -0.118. The number of aryl methyl sites for hydroxylation is 1. The van der Waals surface area contributed by atoms with Gasteiger partial charge in [0.1, 0.15) is 17.0 Å². The highest BCUT2D eigenvalue weighted by Crippen LogP contribution is 2.45. The number of aromatic nitrogens is 3. The molecule has 3 aromatic rings. The fourth-order valence-electron chi connectivity index (χ4n) is 5.99. The lowest BCUT2D eigenvalue weighted by Gasteiger charge is -2.40. The van der Waals surface area contributed by atoms with Crippen molar-refractivity contribution in [1.82, 2.24) is 25.2 Å². The smallest absolute Gasteiger partial charge is 0.262 e. The summed E-state index contributed by atoms with van der Waals surface area (Å²) >= 11 is 0. The number of aromatic hydroxyl groups is 1. The van der Waals surface area contributed by atoms with E-state index in [1.807, 2.05) is 10.7 Å². The van der Waals surface area contributed by atoms with Crippen molar-refractivity contribution in [2.45, 2.75) is 103 Å². The molecule has 0 bridgehead atoms. The summed E-state index contributed by atoms with van der Waals surface area (Å²) in [7, 11) is 0.0778. The van der Waals surface area contributed by atoms with E-state index in [0.29, 0.717) is 24.5 Å². The summed E-state index contributed by atoms with van der Waals surface area (Å²) in [5.74, 6) is 0.163. The number of anilines is 1. The second-order valence-electron chi connectivity index (χ2n) is 14.0. The zero-order valence-electron chi connectivity index (χ0n) is 27.3. The highest BCUT2D eigenvalue weighted by Gasteiger charge is 2.40. The molecule has 0 unspecified atom stereocenters. The minimum Gasteiger partial charge on any atom is -0.506 e. The number of amides is 1.